The summed E-state index contributed by atoms with van der Waals surface area (Å²) in [4.78, 5) is 21.0. The van der Waals surface area contributed by atoms with E-state index in [1.165, 1.54) is 50.6 Å². The molecule has 2 heterocycles. The van der Waals surface area contributed by atoms with E-state index in [1.807, 2.05) is 24.1 Å². The van der Waals surface area contributed by atoms with Crippen molar-refractivity contribution >= 4 is 5.91 Å². The van der Waals surface area contributed by atoms with Gasteiger partial charge in [0.05, 0.1) is 6.54 Å². The molecule has 1 aromatic rings. The first-order valence-corrected chi connectivity index (χ1v) is 9.79. The van der Waals surface area contributed by atoms with Crippen LogP contribution in [0.5, 0.6) is 0 Å². The van der Waals surface area contributed by atoms with Crippen LogP contribution in [0.1, 0.15) is 44.1 Å². The average molecular weight is 345 g/mol. The van der Waals surface area contributed by atoms with Crippen molar-refractivity contribution in [3.63, 3.8) is 0 Å². The molecule has 2 fully saturated rings. The van der Waals surface area contributed by atoms with Gasteiger partial charge >= 0.3 is 0 Å². The molecule has 5 nitrogen and oxygen atoms in total. The minimum atomic E-state index is 0.132. The molecular weight excluding hydrogens is 312 g/mol. The van der Waals surface area contributed by atoms with Gasteiger partial charge in [-0.05, 0) is 56.5 Å². The second-order valence-corrected chi connectivity index (χ2v) is 7.77. The third kappa shape index (κ3) is 5.79. The summed E-state index contributed by atoms with van der Waals surface area (Å²) in [6.07, 6.45) is 11.8. The maximum absolute atomic E-state index is 12.2. The number of hydrogen-bond acceptors (Lipinski definition) is 4. The molecule has 5 heteroatoms. The van der Waals surface area contributed by atoms with Crippen LogP contribution in [0.15, 0.2) is 24.5 Å². The van der Waals surface area contributed by atoms with Crippen LogP contribution in [0.3, 0.4) is 0 Å². The molecule has 1 atom stereocenters. The van der Waals surface area contributed by atoms with Crippen molar-refractivity contribution in [3.05, 3.63) is 30.1 Å². The first-order valence-electron chi connectivity index (χ1n) is 9.79. The van der Waals surface area contributed by atoms with Crippen LogP contribution in [0.4, 0.5) is 0 Å². The molecule has 2 aliphatic rings. The number of carbonyl (C=O) groups excluding carboxylic acids is 1. The van der Waals surface area contributed by atoms with Crippen molar-refractivity contribution in [2.75, 3.05) is 33.2 Å². The summed E-state index contributed by atoms with van der Waals surface area (Å²) in [6.45, 7) is 4.42. The van der Waals surface area contributed by atoms with Crippen LogP contribution in [0, 0.1) is 5.92 Å². The predicted molar refractivity (Wildman–Crippen MR) is 100 cm³/mol. The number of likely N-dealkylation sites (N-methyl/N-ethyl adjacent to an activating group) is 1. The number of nitrogens with zero attached hydrogens (tertiary/aromatic N) is 3. The Morgan fingerprint density at radius 2 is 2.00 bits per heavy atom. The Bertz CT molecular complexity index is 530. The average Bonchev–Trinajstić information content (AvgIpc) is 3.10. The van der Waals surface area contributed by atoms with Crippen LogP contribution in [-0.4, -0.2) is 60.0 Å². The zero-order valence-electron chi connectivity index (χ0n) is 15.5. The maximum atomic E-state index is 12.2. The second-order valence-electron chi connectivity index (χ2n) is 7.77. The lowest BCUT2D eigenvalue weighted by Gasteiger charge is -2.31. The number of pyridine rings is 1. The van der Waals surface area contributed by atoms with Crippen molar-refractivity contribution in [2.45, 2.75) is 51.1 Å². The summed E-state index contributed by atoms with van der Waals surface area (Å²) in [7, 11) is 1.99. The van der Waals surface area contributed by atoms with Gasteiger partial charge in [0.2, 0.25) is 5.91 Å². The Hall–Kier alpha value is -1.46. The molecule has 3 rings (SSSR count). The SMILES string of the molecule is CN(CC(=O)NC[C@H]1CCN(C2CCCCC2)C1)Cc1ccncc1. The summed E-state index contributed by atoms with van der Waals surface area (Å²) in [5.74, 6) is 0.754. The van der Waals surface area contributed by atoms with Gasteiger partial charge in [0.15, 0.2) is 0 Å². The molecular formula is C20H32N4O. The fraction of sp³-hybridized carbons (Fsp3) is 0.700. The molecule has 0 bridgehead atoms. The van der Waals surface area contributed by atoms with Crippen LogP contribution in [0.25, 0.3) is 0 Å². The van der Waals surface area contributed by atoms with Crippen LogP contribution in [0.2, 0.25) is 0 Å². The molecule has 0 unspecified atom stereocenters. The molecule has 1 amide bonds. The van der Waals surface area contributed by atoms with E-state index < -0.39 is 0 Å². The smallest absolute Gasteiger partial charge is 0.234 e. The highest BCUT2D eigenvalue weighted by Gasteiger charge is 2.29. The summed E-state index contributed by atoms with van der Waals surface area (Å²) in [5.41, 5.74) is 1.18. The number of aromatic nitrogens is 1. The lowest BCUT2D eigenvalue weighted by molar-refractivity contribution is -0.122. The van der Waals surface area contributed by atoms with Crippen molar-refractivity contribution in [1.82, 2.24) is 20.1 Å². The molecule has 0 radical (unpaired) electrons. The number of amides is 1. The topological polar surface area (TPSA) is 48.5 Å². The van der Waals surface area contributed by atoms with Gasteiger partial charge in [-0.15, -0.1) is 0 Å². The minimum Gasteiger partial charge on any atom is -0.355 e. The van der Waals surface area contributed by atoms with Gasteiger partial charge in [-0.1, -0.05) is 19.3 Å². The number of rotatable bonds is 7. The highest BCUT2D eigenvalue weighted by molar-refractivity contribution is 5.77. The fourth-order valence-electron chi connectivity index (χ4n) is 4.22. The van der Waals surface area contributed by atoms with E-state index in [0.29, 0.717) is 12.5 Å². The van der Waals surface area contributed by atoms with Crippen LogP contribution < -0.4 is 5.32 Å². The molecule has 1 N–H and O–H groups in total. The first-order chi connectivity index (χ1) is 12.2. The lowest BCUT2D eigenvalue weighted by atomic mass is 9.94. The van der Waals surface area contributed by atoms with E-state index >= 15 is 0 Å². The Labute approximate surface area is 151 Å². The monoisotopic (exact) mass is 344 g/mol. The van der Waals surface area contributed by atoms with E-state index in [-0.39, 0.29) is 5.91 Å². The summed E-state index contributed by atoms with van der Waals surface area (Å²) in [5, 5.41) is 3.15. The van der Waals surface area contributed by atoms with Gasteiger partial charge in [0, 0.05) is 38.1 Å². The highest BCUT2D eigenvalue weighted by Crippen LogP contribution is 2.27. The number of hydrogen-bond donors (Lipinski definition) is 1. The van der Waals surface area contributed by atoms with Gasteiger partial charge in [0.1, 0.15) is 0 Å². The van der Waals surface area contributed by atoms with E-state index in [1.54, 1.807) is 12.4 Å². The van der Waals surface area contributed by atoms with Crippen LogP contribution in [-0.2, 0) is 11.3 Å². The van der Waals surface area contributed by atoms with E-state index in [2.05, 4.69) is 15.2 Å². The van der Waals surface area contributed by atoms with Crippen LogP contribution >= 0.6 is 0 Å². The second kappa shape index (κ2) is 9.30. The van der Waals surface area contributed by atoms with Crippen molar-refractivity contribution in [3.8, 4) is 0 Å². The Morgan fingerprint density at radius 1 is 1.24 bits per heavy atom. The standard InChI is InChI=1S/C20H32N4O/c1-23(14-17-7-10-21-11-8-17)16-20(25)22-13-18-9-12-24(15-18)19-5-3-2-4-6-19/h7-8,10-11,18-19H,2-6,9,12-16H2,1H3,(H,22,25)/t18-/m1/s1. The van der Waals surface area contributed by atoms with Gasteiger partial charge in [-0.2, -0.15) is 0 Å². The van der Waals surface area contributed by atoms with Crippen molar-refractivity contribution < 1.29 is 4.79 Å². The van der Waals surface area contributed by atoms with Crippen molar-refractivity contribution in [2.24, 2.45) is 5.92 Å². The zero-order valence-corrected chi connectivity index (χ0v) is 15.5. The number of nitrogens with one attached hydrogen (secondary N) is 1. The Morgan fingerprint density at radius 3 is 2.76 bits per heavy atom. The van der Waals surface area contributed by atoms with Gasteiger partial charge in [-0.25, -0.2) is 0 Å². The largest absolute Gasteiger partial charge is 0.355 e. The third-order valence-electron chi connectivity index (χ3n) is 5.61. The highest BCUT2D eigenvalue weighted by atomic mass is 16.2. The van der Waals surface area contributed by atoms with Gasteiger partial charge in [0.25, 0.3) is 0 Å². The number of carbonyl (C=O) groups is 1. The van der Waals surface area contributed by atoms with Gasteiger partial charge in [-0.3, -0.25) is 14.7 Å². The summed E-state index contributed by atoms with van der Waals surface area (Å²) in [6, 6.07) is 4.79. The first kappa shape index (κ1) is 18.3. The third-order valence-corrected chi connectivity index (χ3v) is 5.61. The Kier molecular flexibility index (Phi) is 6.82. The van der Waals surface area contributed by atoms with E-state index in [9.17, 15) is 4.79 Å². The molecule has 1 saturated carbocycles. The quantitative estimate of drug-likeness (QED) is 0.824. The molecule has 0 aromatic carbocycles. The minimum absolute atomic E-state index is 0.132. The molecule has 1 saturated heterocycles. The molecule has 1 aliphatic carbocycles. The summed E-state index contributed by atoms with van der Waals surface area (Å²) < 4.78 is 0. The fourth-order valence-corrected chi connectivity index (χ4v) is 4.22. The van der Waals surface area contributed by atoms with E-state index in [4.69, 9.17) is 0 Å². The predicted octanol–water partition coefficient (Wildman–Crippen LogP) is 2.28. The molecule has 1 aromatic heterocycles. The molecule has 1 aliphatic heterocycles. The Balaban J connectivity index is 1.33. The zero-order chi connectivity index (χ0) is 17.5. The lowest BCUT2D eigenvalue weighted by Crippen LogP contribution is -2.39. The number of likely N-dealkylation sites (tertiary alicyclic amines) is 1. The molecule has 0 spiro atoms. The van der Waals surface area contributed by atoms with Crippen molar-refractivity contribution in [1.29, 1.82) is 0 Å². The van der Waals surface area contributed by atoms with Gasteiger partial charge < -0.3 is 10.2 Å². The normalized spacial score (nSPS) is 22.4. The maximum Gasteiger partial charge on any atom is 0.234 e. The summed E-state index contributed by atoms with van der Waals surface area (Å²) >= 11 is 0. The van der Waals surface area contributed by atoms with E-state index in [0.717, 1.165) is 25.7 Å². The molecule has 138 valence electrons. The molecule has 25 heavy (non-hydrogen) atoms.